The van der Waals surface area contributed by atoms with Crippen LogP contribution in [0.15, 0.2) is 42.7 Å². The Morgan fingerprint density at radius 3 is 2.85 bits per heavy atom. The van der Waals surface area contributed by atoms with Crippen LogP contribution in [0.2, 0.25) is 0 Å². The lowest BCUT2D eigenvalue weighted by Crippen LogP contribution is -2.56. The zero-order valence-corrected chi connectivity index (χ0v) is 16.0. The van der Waals surface area contributed by atoms with E-state index in [0.717, 1.165) is 24.5 Å². The van der Waals surface area contributed by atoms with Gasteiger partial charge < -0.3 is 14.8 Å². The molecular weight excluding hydrogens is 342 g/mol. The summed E-state index contributed by atoms with van der Waals surface area (Å²) in [4.78, 5) is 33.3. The van der Waals surface area contributed by atoms with Crippen LogP contribution in [0.25, 0.3) is 0 Å². The minimum absolute atomic E-state index is 0.0548. The maximum Gasteiger partial charge on any atom is 0.237 e. The first-order chi connectivity index (χ1) is 13.1. The van der Waals surface area contributed by atoms with Gasteiger partial charge in [0.05, 0.1) is 19.0 Å². The lowest BCUT2D eigenvalue weighted by atomic mass is 10.1. The van der Waals surface area contributed by atoms with Gasteiger partial charge in [0, 0.05) is 45.6 Å². The average molecular weight is 369 g/mol. The van der Waals surface area contributed by atoms with Gasteiger partial charge in [0.1, 0.15) is 5.82 Å². The summed E-state index contributed by atoms with van der Waals surface area (Å²) in [6.07, 6.45) is 3.82. The number of nitrogens with zero attached hydrogens (tertiary/aromatic N) is 4. The fourth-order valence-electron chi connectivity index (χ4n) is 3.39. The Kier molecular flexibility index (Phi) is 6.24. The summed E-state index contributed by atoms with van der Waals surface area (Å²) in [5.74, 6) is 0.720. The first-order valence-electron chi connectivity index (χ1n) is 9.38. The third-order valence-corrected chi connectivity index (χ3v) is 4.98. The zero-order valence-electron chi connectivity index (χ0n) is 16.0. The topological polar surface area (TPSA) is 70.5 Å². The van der Waals surface area contributed by atoms with E-state index in [0.29, 0.717) is 19.6 Å². The molecule has 1 aromatic heterocycles. The van der Waals surface area contributed by atoms with Gasteiger partial charge in [-0.05, 0) is 12.5 Å². The predicted octanol–water partition coefficient (Wildman–Crippen LogP) is 1.25. The van der Waals surface area contributed by atoms with E-state index in [1.54, 1.807) is 18.1 Å². The highest BCUT2D eigenvalue weighted by Crippen LogP contribution is 2.15. The number of piperazine rings is 1. The molecule has 7 nitrogen and oxygen atoms in total. The first-order valence-corrected chi connectivity index (χ1v) is 9.38. The summed E-state index contributed by atoms with van der Waals surface area (Å²) in [7, 11) is 1.76. The van der Waals surface area contributed by atoms with Crippen LogP contribution in [0.5, 0.6) is 0 Å². The molecule has 1 fully saturated rings. The third-order valence-electron chi connectivity index (χ3n) is 4.98. The van der Waals surface area contributed by atoms with Crippen LogP contribution < -0.4 is 5.32 Å². The fraction of sp³-hybridized carbons (Fsp3) is 0.450. The summed E-state index contributed by atoms with van der Waals surface area (Å²) in [5.41, 5.74) is 1.14. The largest absolute Gasteiger partial charge is 0.353 e. The van der Waals surface area contributed by atoms with Gasteiger partial charge in [-0.2, -0.15) is 0 Å². The van der Waals surface area contributed by atoms with E-state index >= 15 is 0 Å². The van der Waals surface area contributed by atoms with E-state index < -0.39 is 6.04 Å². The first kappa shape index (κ1) is 19.1. The molecule has 1 atom stereocenters. The van der Waals surface area contributed by atoms with Gasteiger partial charge >= 0.3 is 0 Å². The molecule has 27 heavy (non-hydrogen) atoms. The normalized spacial score (nSPS) is 17.6. The van der Waals surface area contributed by atoms with Crippen LogP contribution >= 0.6 is 0 Å². The number of nitrogens with one attached hydrogen (secondary N) is 1. The molecule has 1 aromatic carbocycles. The molecule has 0 spiro atoms. The molecule has 0 radical (unpaired) electrons. The SMILES string of the molecule is CCn1ccnc1CN(C)C(=O)C[C@@H]1C(=O)NCCN1Cc1ccccc1. The molecule has 0 aliphatic carbocycles. The van der Waals surface area contributed by atoms with Gasteiger partial charge in [0.2, 0.25) is 11.8 Å². The number of aryl methyl sites for hydroxylation is 1. The molecule has 1 aliphatic heterocycles. The number of benzene rings is 1. The second-order valence-electron chi connectivity index (χ2n) is 6.85. The number of imidazole rings is 1. The number of rotatable bonds is 7. The van der Waals surface area contributed by atoms with E-state index in [1.807, 2.05) is 48.0 Å². The second-order valence-corrected chi connectivity index (χ2v) is 6.85. The van der Waals surface area contributed by atoms with Crippen LogP contribution in [0.4, 0.5) is 0 Å². The predicted molar refractivity (Wildman–Crippen MR) is 103 cm³/mol. The summed E-state index contributed by atoms with van der Waals surface area (Å²) < 4.78 is 2.01. The minimum atomic E-state index is -0.445. The Labute approximate surface area is 160 Å². The number of hydrogen-bond acceptors (Lipinski definition) is 4. The van der Waals surface area contributed by atoms with Crippen LogP contribution in [0.1, 0.15) is 24.7 Å². The van der Waals surface area contributed by atoms with Crippen molar-refractivity contribution in [3.8, 4) is 0 Å². The number of aromatic nitrogens is 2. The minimum Gasteiger partial charge on any atom is -0.353 e. The Bertz CT molecular complexity index is 774. The van der Waals surface area contributed by atoms with E-state index in [9.17, 15) is 9.59 Å². The van der Waals surface area contributed by atoms with Gasteiger partial charge in [0.15, 0.2) is 0 Å². The molecule has 3 rings (SSSR count). The van der Waals surface area contributed by atoms with Crippen molar-refractivity contribution >= 4 is 11.8 Å². The molecule has 0 saturated carbocycles. The molecule has 144 valence electrons. The summed E-state index contributed by atoms with van der Waals surface area (Å²) in [6, 6.07) is 9.60. The average Bonchev–Trinajstić information content (AvgIpc) is 3.12. The summed E-state index contributed by atoms with van der Waals surface area (Å²) >= 11 is 0. The third kappa shape index (κ3) is 4.74. The second kappa shape index (κ2) is 8.81. The van der Waals surface area contributed by atoms with Gasteiger partial charge in [0.25, 0.3) is 0 Å². The lowest BCUT2D eigenvalue weighted by molar-refractivity contribution is -0.138. The van der Waals surface area contributed by atoms with Crippen molar-refractivity contribution in [3.63, 3.8) is 0 Å². The van der Waals surface area contributed by atoms with Gasteiger partial charge in [-0.25, -0.2) is 4.98 Å². The van der Waals surface area contributed by atoms with E-state index in [-0.39, 0.29) is 18.2 Å². The van der Waals surface area contributed by atoms with E-state index in [2.05, 4.69) is 15.2 Å². The number of hydrogen-bond donors (Lipinski definition) is 1. The molecule has 1 aliphatic rings. The molecule has 1 N–H and O–H groups in total. The molecule has 0 unspecified atom stereocenters. The Hall–Kier alpha value is -2.67. The summed E-state index contributed by atoms with van der Waals surface area (Å²) in [6.45, 7) is 5.31. The van der Waals surface area contributed by atoms with Crippen molar-refractivity contribution in [1.82, 2.24) is 24.7 Å². The van der Waals surface area contributed by atoms with E-state index in [4.69, 9.17) is 0 Å². The fourth-order valence-corrected chi connectivity index (χ4v) is 3.39. The molecular formula is C20H27N5O2. The Morgan fingerprint density at radius 2 is 2.11 bits per heavy atom. The molecule has 0 bridgehead atoms. The van der Waals surface area contributed by atoms with Gasteiger partial charge in [-0.15, -0.1) is 0 Å². The van der Waals surface area contributed by atoms with Crippen molar-refractivity contribution < 1.29 is 9.59 Å². The lowest BCUT2D eigenvalue weighted by Gasteiger charge is -2.35. The maximum absolute atomic E-state index is 12.8. The summed E-state index contributed by atoms with van der Waals surface area (Å²) in [5, 5.41) is 2.89. The highest BCUT2D eigenvalue weighted by Gasteiger charge is 2.32. The van der Waals surface area contributed by atoms with Crippen molar-refractivity contribution in [1.29, 1.82) is 0 Å². The van der Waals surface area contributed by atoms with Gasteiger partial charge in [-0.1, -0.05) is 30.3 Å². The van der Waals surface area contributed by atoms with Crippen LogP contribution in [0.3, 0.4) is 0 Å². The Morgan fingerprint density at radius 1 is 1.33 bits per heavy atom. The monoisotopic (exact) mass is 369 g/mol. The standard InChI is InChI=1S/C20H27N5O2/c1-3-24-11-9-21-18(24)15-23(2)19(26)13-17-20(27)22-10-12-25(17)14-16-7-5-4-6-8-16/h4-9,11,17H,3,10,12-15H2,1-2H3,(H,22,27)/t17-/m1/s1. The van der Waals surface area contributed by atoms with Crippen molar-refractivity contribution in [3.05, 3.63) is 54.1 Å². The quantitative estimate of drug-likeness (QED) is 0.798. The van der Waals surface area contributed by atoms with E-state index in [1.165, 1.54) is 0 Å². The molecule has 2 aromatic rings. The highest BCUT2D eigenvalue weighted by molar-refractivity contribution is 5.88. The number of carbonyl (C=O) groups excluding carboxylic acids is 2. The highest BCUT2D eigenvalue weighted by atomic mass is 16.2. The number of amides is 2. The molecule has 1 saturated heterocycles. The van der Waals surface area contributed by atoms with Crippen LogP contribution in [-0.2, 0) is 29.2 Å². The molecule has 2 amide bonds. The van der Waals surface area contributed by atoms with Crippen LogP contribution in [0, 0.1) is 0 Å². The Balaban J connectivity index is 1.65. The van der Waals surface area contributed by atoms with Crippen molar-refractivity contribution in [2.24, 2.45) is 0 Å². The molecule has 7 heteroatoms. The van der Waals surface area contributed by atoms with Crippen molar-refractivity contribution in [2.45, 2.75) is 39.0 Å². The number of carbonyl (C=O) groups is 2. The maximum atomic E-state index is 12.8. The smallest absolute Gasteiger partial charge is 0.237 e. The zero-order chi connectivity index (χ0) is 19.2. The van der Waals surface area contributed by atoms with Crippen LogP contribution in [-0.4, -0.2) is 57.3 Å². The molecule has 2 heterocycles. The van der Waals surface area contributed by atoms with Crippen molar-refractivity contribution in [2.75, 3.05) is 20.1 Å². The van der Waals surface area contributed by atoms with Gasteiger partial charge in [-0.3, -0.25) is 14.5 Å².